The Morgan fingerprint density at radius 2 is 2.10 bits per heavy atom. The van der Waals surface area contributed by atoms with Crippen LogP contribution in [0, 0.1) is 22.7 Å². The van der Waals surface area contributed by atoms with Crippen LogP contribution in [0.5, 0.6) is 0 Å². The molecule has 0 aliphatic rings. The van der Waals surface area contributed by atoms with Crippen LogP contribution in [0.2, 0.25) is 0 Å². The maximum absolute atomic E-state index is 8.69. The minimum atomic E-state index is -0.247. The molecule has 21 heavy (non-hydrogen) atoms. The molecule has 0 saturated carbocycles. The van der Waals surface area contributed by atoms with E-state index in [0.29, 0.717) is 10.6 Å². The van der Waals surface area contributed by atoms with E-state index in [9.17, 15) is 0 Å². The van der Waals surface area contributed by atoms with Crippen molar-refractivity contribution in [1.29, 1.82) is 10.5 Å². The highest BCUT2D eigenvalue weighted by atomic mass is 32.1. The Balaban J connectivity index is 2.00. The number of nitrogens with one attached hydrogen (secondary N) is 1. The molecule has 8 nitrogen and oxygen atoms in total. The zero-order valence-electron chi connectivity index (χ0n) is 10.4. The summed E-state index contributed by atoms with van der Waals surface area (Å²) in [6, 6.07) is 10.7. The quantitative estimate of drug-likeness (QED) is 0.580. The van der Waals surface area contributed by atoms with Gasteiger partial charge in [-0.25, -0.2) is 0 Å². The van der Waals surface area contributed by atoms with Gasteiger partial charge in [0.15, 0.2) is 0 Å². The first-order valence-corrected chi connectivity index (χ1v) is 6.53. The third-order valence-electron chi connectivity index (χ3n) is 2.54. The number of anilines is 1. The van der Waals surface area contributed by atoms with E-state index in [4.69, 9.17) is 10.5 Å². The molecule has 100 valence electrons. The molecule has 0 radical (unpaired) electrons. The molecule has 0 fully saturated rings. The molecule has 1 aromatic carbocycles. The zero-order valence-corrected chi connectivity index (χ0v) is 11.2. The lowest BCUT2D eigenvalue weighted by Gasteiger charge is -2.05. The summed E-state index contributed by atoms with van der Waals surface area (Å²) in [6.45, 7) is 0. The van der Waals surface area contributed by atoms with Crippen LogP contribution in [0.25, 0.3) is 15.5 Å². The Hall–Kier alpha value is -3.30. The molecule has 3 rings (SSSR count). The second kappa shape index (κ2) is 5.36. The monoisotopic (exact) mass is 294 g/mol. The molecule has 2 aromatic heterocycles. The summed E-state index contributed by atoms with van der Waals surface area (Å²) < 4.78 is 1.58. The SMILES string of the molecule is N#CC(C#N)=NNc1ccccc1-c1nn2cnnc2s1. The van der Waals surface area contributed by atoms with Crippen molar-refractivity contribution in [3.05, 3.63) is 30.6 Å². The third-order valence-corrected chi connectivity index (χ3v) is 3.49. The Morgan fingerprint density at radius 1 is 1.29 bits per heavy atom. The van der Waals surface area contributed by atoms with E-state index in [2.05, 4.69) is 25.8 Å². The zero-order chi connectivity index (χ0) is 14.7. The molecule has 0 aliphatic carbocycles. The Bertz CT molecular complexity index is 863. The van der Waals surface area contributed by atoms with Gasteiger partial charge in [-0.15, -0.1) is 10.2 Å². The van der Waals surface area contributed by atoms with E-state index in [-0.39, 0.29) is 5.71 Å². The first-order valence-electron chi connectivity index (χ1n) is 5.72. The molecule has 0 atom stereocenters. The number of nitrogens with zero attached hydrogens (tertiary/aromatic N) is 7. The number of aromatic nitrogens is 4. The van der Waals surface area contributed by atoms with Gasteiger partial charge in [-0.2, -0.15) is 25.2 Å². The van der Waals surface area contributed by atoms with Gasteiger partial charge in [0.1, 0.15) is 23.5 Å². The highest BCUT2D eigenvalue weighted by Crippen LogP contribution is 2.30. The number of hydrogen-bond acceptors (Lipinski definition) is 8. The summed E-state index contributed by atoms with van der Waals surface area (Å²) in [7, 11) is 0. The fraction of sp³-hybridized carbons (Fsp3) is 0. The molecular weight excluding hydrogens is 288 g/mol. The molecule has 0 unspecified atom stereocenters. The van der Waals surface area contributed by atoms with Gasteiger partial charge in [-0.05, 0) is 12.1 Å². The van der Waals surface area contributed by atoms with Gasteiger partial charge in [-0.1, -0.05) is 23.5 Å². The molecule has 9 heteroatoms. The van der Waals surface area contributed by atoms with Gasteiger partial charge in [0.25, 0.3) is 0 Å². The first-order chi connectivity index (χ1) is 10.3. The van der Waals surface area contributed by atoms with Crippen LogP contribution in [0.3, 0.4) is 0 Å². The van der Waals surface area contributed by atoms with Gasteiger partial charge < -0.3 is 0 Å². The van der Waals surface area contributed by atoms with Gasteiger partial charge in [0.2, 0.25) is 10.7 Å². The predicted octanol–water partition coefficient (Wildman–Crippen LogP) is 1.67. The lowest BCUT2D eigenvalue weighted by molar-refractivity contribution is 0.960. The number of nitriles is 2. The van der Waals surface area contributed by atoms with Crippen molar-refractivity contribution in [2.45, 2.75) is 0 Å². The second-order valence-corrected chi connectivity index (χ2v) is 4.76. The average molecular weight is 294 g/mol. The Kier molecular flexibility index (Phi) is 3.25. The number of hydrogen-bond donors (Lipinski definition) is 1. The Morgan fingerprint density at radius 3 is 2.86 bits per heavy atom. The maximum atomic E-state index is 8.69. The number of para-hydroxylation sites is 1. The summed E-state index contributed by atoms with van der Waals surface area (Å²) in [5.74, 6) is 0. The number of fused-ring (bicyclic) bond motifs is 1. The largest absolute Gasteiger partial charge is 0.276 e. The van der Waals surface area contributed by atoms with Crippen LogP contribution in [0.1, 0.15) is 0 Å². The topological polar surface area (TPSA) is 115 Å². The summed E-state index contributed by atoms with van der Waals surface area (Å²) >= 11 is 1.38. The van der Waals surface area contributed by atoms with Gasteiger partial charge in [0.05, 0.1) is 5.69 Å². The average Bonchev–Trinajstić information content (AvgIpc) is 3.10. The van der Waals surface area contributed by atoms with Crippen molar-refractivity contribution in [2.75, 3.05) is 5.43 Å². The predicted molar refractivity (Wildman–Crippen MR) is 76.4 cm³/mol. The van der Waals surface area contributed by atoms with E-state index < -0.39 is 0 Å². The highest BCUT2D eigenvalue weighted by Gasteiger charge is 2.11. The Labute approximate surface area is 122 Å². The van der Waals surface area contributed by atoms with Crippen molar-refractivity contribution in [3.63, 3.8) is 0 Å². The fourth-order valence-corrected chi connectivity index (χ4v) is 2.49. The fourth-order valence-electron chi connectivity index (χ4n) is 1.63. The molecule has 0 spiro atoms. The number of benzene rings is 1. The molecular formula is C12H6N8S. The van der Waals surface area contributed by atoms with Crippen molar-refractivity contribution >= 4 is 27.7 Å². The van der Waals surface area contributed by atoms with Crippen molar-refractivity contribution in [1.82, 2.24) is 19.8 Å². The van der Waals surface area contributed by atoms with Gasteiger partial charge in [-0.3, -0.25) is 5.43 Å². The van der Waals surface area contributed by atoms with Crippen LogP contribution in [-0.4, -0.2) is 25.5 Å². The molecule has 0 bridgehead atoms. The van der Waals surface area contributed by atoms with Crippen molar-refractivity contribution < 1.29 is 0 Å². The summed E-state index contributed by atoms with van der Waals surface area (Å²) in [5.41, 5.74) is 3.91. The lowest BCUT2D eigenvalue weighted by Crippen LogP contribution is -1.97. The molecule has 3 aromatic rings. The van der Waals surface area contributed by atoms with Crippen molar-refractivity contribution in [3.8, 4) is 22.7 Å². The maximum Gasteiger partial charge on any atom is 0.237 e. The second-order valence-electron chi connectivity index (χ2n) is 3.81. The van der Waals surface area contributed by atoms with Gasteiger partial charge in [0, 0.05) is 5.56 Å². The van der Waals surface area contributed by atoms with E-state index in [1.807, 2.05) is 18.2 Å². The van der Waals surface area contributed by atoms with E-state index >= 15 is 0 Å². The lowest BCUT2D eigenvalue weighted by atomic mass is 10.2. The number of hydrazone groups is 1. The summed E-state index contributed by atoms with van der Waals surface area (Å²) in [5, 5.41) is 33.9. The first kappa shape index (κ1) is 12.7. The molecule has 2 heterocycles. The van der Waals surface area contributed by atoms with Crippen LogP contribution in [0.15, 0.2) is 35.7 Å². The molecule has 1 N–H and O–H groups in total. The van der Waals surface area contributed by atoms with Crippen LogP contribution in [0.4, 0.5) is 5.69 Å². The van der Waals surface area contributed by atoms with E-state index in [1.54, 1.807) is 22.7 Å². The number of rotatable bonds is 3. The van der Waals surface area contributed by atoms with Gasteiger partial charge >= 0.3 is 0 Å². The highest BCUT2D eigenvalue weighted by molar-refractivity contribution is 7.19. The molecule has 0 saturated heterocycles. The third kappa shape index (κ3) is 2.41. The molecule has 0 amide bonds. The summed E-state index contributed by atoms with van der Waals surface area (Å²) in [4.78, 5) is 0.679. The van der Waals surface area contributed by atoms with Crippen molar-refractivity contribution in [2.24, 2.45) is 5.10 Å². The minimum Gasteiger partial charge on any atom is -0.276 e. The summed E-state index contributed by atoms with van der Waals surface area (Å²) in [6.07, 6.45) is 1.52. The standard InChI is InChI=1S/C12H6N8S/c13-5-8(6-14)16-17-10-4-2-1-3-9(10)11-19-20-7-15-18-12(20)21-11/h1-4,7,17H. The molecule has 0 aliphatic heterocycles. The normalized spacial score (nSPS) is 9.81. The van der Waals surface area contributed by atoms with E-state index in [1.165, 1.54) is 17.7 Å². The van der Waals surface area contributed by atoms with Crippen LogP contribution in [-0.2, 0) is 0 Å². The smallest absolute Gasteiger partial charge is 0.237 e. The van der Waals surface area contributed by atoms with Crippen LogP contribution < -0.4 is 5.43 Å². The van der Waals surface area contributed by atoms with E-state index in [0.717, 1.165) is 10.6 Å². The van der Waals surface area contributed by atoms with Crippen LogP contribution >= 0.6 is 11.3 Å². The minimum absolute atomic E-state index is 0.247.